The van der Waals surface area contributed by atoms with Crippen molar-refractivity contribution in [3.8, 4) is 0 Å². The van der Waals surface area contributed by atoms with Crippen LogP contribution in [-0.2, 0) is 16.0 Å². The largest absolute Gasteiger partial charge is 0.368 e. The molecule has 6 nitrogen and oxygen atoms in total. The SMILES string of the molecule is CC1(C)CC(NC(=O)C(Cc2ccccc2)N2C(C)(C)CCCC2(C)C)CC(C)(C(N)=O)N1. The van der Waals surface area contributed by atoms with Crippen molar-refractivity contribution in [2.45, 2.75) is 121 Å². The first-order valence-electron chi connectivity index (χ1n) is 12.4. The molecular weight excluding hydrogens is 412 g/mol. The van der Waals surface area contributed by atoms with Crippen LogP contribution in [0.25, 0.3) is 0 Å². The van der Waals surface area contributed by atoms with Crippen LogP contribution >= 0.6 is 0 Å². The number of hydrogen-bond donors (Lipinski definition) is 3. The smallest absolute Gasteiger partial charge is 0.237 e. The van der Waals surface area contributed by atoms with E-state index in [1.54, 1.807) is 0 Å². The molecule has 6 heteroatoms. The Kier molecular flexibility index (Phi) is 7.03. The van der Waals surface area contributed by atoms with E-state index in [2.05, 4.69) is 69.2 Å². The number of piperidine rings is 2. The number of benzene rings is 1. The number of primary amides is 1. The molecule has 184 valence electrons. The van der Waals surface area contributed by atoms with Crippen molar-refractivity contribution in [1.82, 2.24) is 15.5 Å². The van der Waals surface area contributed by atoms with Crippen LogP contribution in [0.3, 0.4) is 0 Å². The first-order valence-corrected chi connectivity index (χ1v) is 12.4. The summed E-state index contributed by atoms with van der Waals surface area (Å²) in [5.41, 5.74) is 5.56. The molecule has 4 N–H and O–H groups in total. The summed E-state index contributed by atoms with van der Waals surface area (Å²) < 4.78 is 0. The molecule has 0 aromatic heterocycles. The second-order valence-electron chi connectivity index (χ2n) is 12.4. The second-order valence-corrected chi connectivity index (χ2v) is 12.4. The van der Waals surface area contributed by atoms with Gasteiger partial charge in [-0.05, 0) is 92.6 Å². The monoisotopic (exact) mass is 456 g/mol. The van der Waals surface area contributed by atoms with Crippen molar-refractivity contribution < 1.29 is 9.59 Å². The van der Waals surface area contributed by atoms with Crippen LogP contribution in [0.4, 0.5) is 0 Å². The van der Waals surface area contributed by atoms with Gasteiger partial charge in [0.2, 0.25) is 11.8 Å². The zero-order valence-electron chi connectivity index (χ0n) is 21.6. The van der Waals surface area contributed by atoms with Crippen molar-refractivity contribution in [1.29, 1.82) is 0 Å². The van der Waals surface area contributed by atoms with Gasteiger partial charge in [0.1, 0.15) is 0 Å². The van der Waals surface area contributed by atoms with Gasteiger partial charge >= 0.3 is 0 Å². The second kappa shape index (κ2) is 9.03. The Balaban J connectivity index is 1.92. The van der Waals surface area contributed by atoms with Gasteiger partial charge in [0.25, 0.3) is 0 Å². The third kappa shape index (κ3) is 5.78. The number of nitrogens with two attached hydrogens (primary N) is 1. The number of nitrogens with zero attached hydrogens (tertiary/aromatic N) is 1. The molecule has 2 saturated heterocycles. The third-order valence-corrected chi connectivity index (χ3v) is 7.68. The van der Waals surface area contributed by atoms with Gasteiger partial charge in [0.05, 0.1) is 11.6 Å². The van der Waals surface area contributed by atoms with Crippen molar-refractivity contribution in [3.63, 3.8) is 0 Å². The maximum Gasteiger partial charge on any atom is 0.237 e. The molecule has 0 spiro atoms. The van der Waals surface area contributed by atoms with Crippen LogP contribution in [-0.4, -0.2) is 51.0 Å². The Hall–Kier alpha value is -1.92. The van der Waals surface area contributed by atoms with Gasteiger partial charge in [0, 0.05) is 22.7 Å². The third-order valence-electron chi connectivity index (χ3n) is 7.68. The average Bonchev–Trinajstić information content (AvgIpc) is 2.65. The predicted molar refractivity (Wildman–Crippen MR) is 134 cm³/mol. The lowest BCUT2D eigenvalue weighted by Gasteiger charge is -2.56. The molecule has 2 aliphatic rings. The summed E-state index contributed by atoms with van der Waals surface area (Å²) >= 11 is 0. The molecule has 2 aliphatic heterocycles. The molecule has 1 aromatic carbocycles. The quantitative estimate of drug-likeness (QED) is 0.611. The van der Waals surface area contributed by atoms with E-state index in [4.69, 9.17) is 5.73 Å². The molecule has 0 radical (unpaired) electrons. The highest BCUT2D eigenvalue weighted by atomic mass is 16.2. The number of likely N-dealkylation sites (tertiary alicyclic amines) is 1. The average molecular weight is 457 g/mol. The number of nitrogens with one attached hydrogen (secondary N) is 2. The molecule has 2 amide bonds. The van der Waals surface area contributed by atoms with Crippen LogP contribution in [0.1, 0.15) is 86.1 Å². The normalized spacial score (nSPS) is 29.7. The maximum atomic E-state index is 14.0. The Morgan fingerprint density at radius 1 is 1.03 bits per heavy atom. The summed E-state index contributed by atoms with van der Waals surface area (Å²) in [6.45, 7) is 15.0. The Bertz CT molecular complexity index is 848. The highest BCUT2D eigenvalue weighted by Crippen LogP contribution is 2.41. The van der Waals surface area contributed by atoms with Crippen LogP contribution in [0.15, 0.2) is 30.3 Å². The van der Waals surface area contributed by atoms with Crippen molar-refractivity contribution >= 4 is 11.8 Å². The van der Waals surface area contributed by atoms with Crippen molar-refractivity contribution in [2.75, 3.05) is 0 Å². The number of rotatable bonds is 6. The molecule has 1 aromatic rings. The van der Waals surface area contributed by atoms with Gasteiger partial charge in [-0.15, -0.1) is 0 Å². The van der Waals surface area contributed by atoms with E-state index in [9.17, 15) is 9.59 Å². The van der Waals surface area contributed by atoms with Gasteiger partial charge in [-0.3, -0.25) is 19.8 Å². The van der Waals surface area contributed by atoms with E-state index in [1.807, 2.05) is 25.1 Å². The fourth-order valence-corrected chi connectivity index (χ4v) is 6.59. The van der Waals surface area contributed by atoms with E-state index >= 15 is 0 Å². The lowest BCUT2D eigenvalue weighted by Crippen LogP contribution is -2.70. The van der Waals surface area contributed by atoms with Crippen molar-refractivity contribution in [2.24, 2.45) is 5.73 Å². The van der Waals surface area contributed by atoms with E-state index in [1.165, 1.54) is 0 Å². The summed E-state index contributed by atoms with van der Waals surface area (Å²) in [5, 5.41) is 6.74. The van der Waals surface area contributed by atoms with Gasteiger partial charge in [-0.2, -0.15) is 0 Å². The molecule has 3 atom stereocenters. The zero-order valence-corrected chi connectivity index (χ0v) is 21.6. The van der Waals surface area contributed by atoms with E-state index in [-0.39, 0.29) is 40.5 Å². The van der Waals surface area contributed by atoms with Crippen LogP contribution in [0.2, 0.25) is 0 Å². The summed E-state index contributed by atoms with van der Waals surface area (Å²) in [5.74, 6) is -0.343. The topological polar surface area (TPSA) is 87.5 Å². The van der Waals surface area contributed by atoms with Gasteiger partial charge in [-0.25, -0.2) is 0 Å². The molecule has 3 unspecified atom stereocenters. The number of carbonyl (C=O) groups excluding carboxylic acids is 2. The Morgan fingerprint density at radius 2 is 1.61 bits per heavy atom. The van der Waals surface area contributed by atoms with Gasteiger partial charge in [-0.1, -0.05) is 30.3 Å². The van der Waals surface area contributed by atoms with E-state index in [0.717, 1.165) is 31.2 Å². The minimum absolute atomic E-state index is 0.0384. The zero-order chi connectivity index (χ0) is 24.7. The molecule has 2 heterocycles. The van der Waals surface area contributed by atoms with E-state index < -0.39 is 5.54 Å². The maximum absolute atomic E-state index is 14.0. The van der Waals surface area contributed by atoms with Crippen molar-refractivity contribution in [3.05, 3.63) is 35.9 Å². The fraction of sp³-hybridized carbons (Fsp3) is 0.704. The summed E-state index contributed by atoms with van der Waals surface area (Å²) in [6.07, 6.45) is 5.18. The molecule has 3 rings (SSSR count). The van der Waals surface area contributed by atoms with Crippen LogP contribution in [0, 0.1) is 0 Å². The molecular formula is C27H44N4O2. The van der Waals surface area contributed by atoms with Crippen LogP contribution in [0.5, 0.6) is 0 Å². The highest BCUT2D eigenvalue weighted by molar-refractivity contribution is 5.85. The lowest BCUT2D eigenvalue weighted by molar-refractivity contribution is -0.139. The number of carbonyl (C=O) groups is 2. The van der Waals surface area contributed by atoms with E-state index in [0.29, 0.717) is 12.8 Å². The predicted octanol–water partition coefficient (Wildman–Crippen LogP) is 3.53. The number of hydrogen-bond acceptors (Lipinski definition) is 4. The summed E-state index contributed by atoms with van der Waals surface area (Å²) in [7, 11) is 0. The standard InChI is InChI=1S/C27H44N4O2/c1-24(2)17-20(18-27(7,30-24)23(28)33)29-22(32)21(16-19-12-9-8-10-13-19)31-25(3,4)14-11-15-26(31,5)6/h8-10,12-13,20-21,30H,11,14-18H2,1-7H3,(H2,28,33)(H,29,32). The number of amides is 2. The Morgan fingerprint density at radius 3 is 2.15 bits per heavy atom. The first kappa shape index (κ1) is 25.7. The molecule has 33 heavy (non-hydrogen) atoms. The molecule has 2 fully saturated rings. The fourth-order valence-electron chi connectivity index (χ4n) is 6.59. The minimum atomic E-state index is -0.849. The van der Waals surface area contributed by atoms with Crippen LogP contribution < -0.4 is 16.4 Å². The summed E-state index contributed by atoms with van der Waals surface area (Å²) in [6, 6.07) is 9.85. The van der Waals surface area contributed by atoms with Gasteiger partial charge < -0.3 is 11.1 Å². The van der Waals surface area contributed by atoms with Gasteiger partial charge in [0.15, 0.2) is 0 Å². The molecule has 0 saturated carbocycles. The molecule has 0 bridgehead atoms. The molecule has 0 aliphatic carbocycles. The minimum Gasteiger partial charge on any atom is -0.368 e. The lowest BCUT2D eigenvalue weighted by atomic mass is 9.76. The summed E-state index contributed by atoms with van der Waals surface area (Å²) in [4.78, 5) is 28.7. The highest BCUT2D eigenvalue weighted by Gasteiger charge is 2.49. The first-order chi connectivity index (χ1) is 15.2. The Labute approximate surface area is 200 Å².